The van der Waals surface area contributed by atoms with E-state index in [4.69, 9.17) is 10.9 Å². The Hall–Kier alpha value is -2.04. The molecule has 5 heteroatoms. The maximum absolute atomic E-state index is 12.7. The first-order chi connectivity index (χ1) is 9.49. The van der Waals surface area contributed by atoms with Gasteiger partial charge in [0, 0.05) is 13.6 Å². The third-order valence-electron chi connectivity index (χ3n) is 4.01. The molecule has 0 radical (unpaired) electrons. The van der Waals surface area contributed by atoms with Gasteiger partial charge >= 0.3 is 0 Å². The summed E-state index contributed by atoms with van der Waals surface area (Å²) in [5.74, 6) is 0.375. The summed E-state index contributed by atoms with van der Waals surface area (Å²) in [5.41, 5.74) is 6.00. The maximum Gasteiger partial charge on any atom is 0.236 e. The van der Waals surface area contributed by atoms with Crippen LogP contribution in [0.2, 0.25) is 0 Å². The third kappa shape index (κ3) is 2.48. The van der Waals surface area contributed by atoms with Gasteiger partial charge < -0.3 is 15.8 Å². The summed E-state index contributed by atoms with van der Waals surface area (Å²) in [7, 11) is 1.75. The summed E-state index contributed by atoms with van der Waals surface area (Å²) >= 11 is 0. The maximum atomic E-state index is 12.7. The molecule has 1 saturated carbocycles. The van der Waals surface area contributed by atoms with E-state index in [1.54, 1.807) is 11.9 Å². The number of amidine groups is 1. The van der Waals surface area contributed by atoms with Gasteiger partial charge in [-0.2, -0.15) is 0 Å². The lowest BCUT2D eigenvalue weighted by Gasteiger charge is -2.45. The zero-order valence-corrected chi connectivity index (χ0v) is 11.9. The van der Waals surface area contributed by atoms with Crippen LogP contribution in [0, 0.1) is 11.3 Å². The molecule has 1 aliphatic rings. The first-order valence-electron chi connectivity index (χ1n) is 6.77. The fourth-order valence-electron chi connectivity index (χ4n) is 3.01. The van der Waals surface area contributed by atoms with Crippen molar-refractivity contribution in [1.29, 1.82) is 0 Å². The number of nitrogens with zero attached hydrogens (tertiary/aromatic N) is 2. The number of hydrogen-bond acceptors (Lipinski definition) is 3. The van der Waals surface area contributed by atoms with Gasteiger partial charge in [-0.1, -0.05) is 42.4 Å². The smallest absolute Gasteiger partial charge is 0.236 e. The second kappa shape index (κ2) is 5.53. The van der Waals surface area contributed by atoms with Gasteiger partial charge in [0.1, 0.15) is 5.41 Å². The fraction of sp³-hybridized carbons (Fsp3) is 0.467. The molecule has 0 unspecified atom stereocenters. The summed E-state index contributed by atoms with van der Waals surface area (Å²) in [6.07, 6.45) is 1.28. The molecule has 1 fully saturated rings. The molecule has 0 saturated heterocycles. The topological polar surface area (TPSA) is 78.9 Å². The minimum Gasteiger partial charge on any atom is -0.409 e. The first-order valence-corrected chi connectivity index (χ1v) is 6.77. The highest BCUT2D eigenvalue weighted by Crippen LogP contribution is 2.47. The number of amides is 1. The van der Waals surface area contributed by atoms with Crippen molar-refractivity contribution in [2.45, 2.75) is 26.3 Å². The molecular weight excluding hydrogens is 254 g/mol. The van der Waals surface area contributed by atoms with E-state index in [0.717, 1.165) is 5.56 Å². The molecule has 5 nitrogen and oxygen atoms in total. The van der Waals surface area contributed by atoms with Crippen molar-refractivity contribution in [1.82, 2.24) is 4.90 Å². The number of nitrogens with two attached hydrogens (primary N) is 1. The molecule has 20 heavy (non-hydrogen) atoms. The van der Waals surface area contributed by atoms with E-state index in [9.17, 15) is 4.79 Å². The quantitative estimate of drug-likeness (QED) is 0.381. The molecule has 1 aromatic carbocycles. The zero-order chi connectivity index (χ0) is 14.8. The second-order valence-corrected chi connectivity index (χ2v) is 5.73. The Labute approximate surface area is 119 Å². The molecule has 2 rings (SSSR count). The van der Waals surface area contributed by atoms with E-state index < -0.39 is 5.41 Å². The SMILES string of the molecule is CC1CC(C(=O)N(C)Cc2ccccc2)(/C(N)=N/O)C1. The number of rotatable bonds is 4. The monoisotopic (exact) mass is 275 g/mol. The van der Waals surface area contributed by atoms with Crippen LogP contribution in [0.4, 0.5) is 0 Å². The molecule has 108 valence electrons. The van der Waals surface area contributed by atoms with E-state index in [1.165, 1.54) is 0 Å². The molecule has 1 amide bonds. The molecule has 0 heterocycles. The van der Waals surface area contributed by atoms with Crippen molar-refractivity contribution in [3.05, 3.63) is 35.9 Å². The van der Waals surface area contributed by atoms with Crippen LogP contribution < -0.4 is 5.73 Å². The molecule has 0 aromatic heterocycles. The van der Waals surface area contributed by atoms with Crippen molar-refractivity contribution in [2.24, 2.45) is 22.2 Å². The van der Waals surface area contributed by atoms with Gasteiger partial charge in [-0.05, 0) is 24.3 Å². The van der Waals surface area contributed by atoms with E-state index in [1.807, 2.05) is 30.3 Å². The molecule has 0 spiro atoms. The average molecular weight is 275 g/mol. The minimum absolute atomic E-state index is 0.0283. The number of oxime groups is 1. The lowest BCUT2D eigenvalue weighted by molar-refractivity contribution is -0.143. The largest absolute Gasteiger partial charge is 0.409 e. The van der Waals surface area contributed by atoms with Crippen LogP contribution in [0.1, 0.15) is 25.3 Å². The molecule has 1 aliphatic carbocycles. The Kier molecular flexibility index (Phi) is 3.97. The molecule has 0 atom stereocenters. The average Bonchev–Trinajstić information content (AvgIpc) is 2.43. The number of hydrogen-bond donors (Lipinski definition) is 2. The van der Waals surface area contributed by atoms with E-state index in [2.05, 4.69) is 12.1 Å². The van der Waals surface area contributed by atoms with E-state index >= 15 is 0 Å². The predicted octanol–water partition coefficient (Wildman–Crippen LogP) is 1.81. The van der Waals surface area contributed by atoms with Crippen molar-refractivity contribution in [3.8, 4) is 0 Å². The third-order valence-corrected chi connectivity index (χ3v) is 4.01. The Balaban J connectivity index is 2.13. The Morgan fingerprint density at radius 1 is 1.45 bits per heavy atom. The number of benzene rings is 1. The van der Waals surface area contributed by atoms with Gasteiger partial charge in [-0.3, -0.25) is 4.79 Å². The van der Waals surface area contributed by atoms with Crippen molar-refractivity contribution in [2.75, 3.05) is 7.05 Å². The van der Waals surface area contributed by atoms with Gasteiger partial charge in [0.25, 0.3) is 0 Å². The van der Waals surface area contributed by atoms with E-state index in [0.29, 0.717) is 25.3 Å². The molecular formula is C15H21N3O2. The highest BCUT2D eigenvalue weighted by molar-refractivity contribution is 6.07. The first kappa shape index (κ1) is 14.4. The highest BCUT2D eigenvalue weighted by atomic mass is 16.4. The van der Waals surface area contributed by atoms with Crippen LogP contribution in [0.15, 0.2) is 35.5 Å². The van der Waals surface area contributed by atoms with Gasteiger partial charge in [0.2, 0.25) is 5.91 Å². The summed E-state index contributed by atoms with van der Waals surface area (Å²) in [6.45, 7) is 2.59. The van der Waals surface area contributed by atoms with Crippen LogP contribution in [-0.2, 0) is 11.3 Å². The Bertz CT molecular complexity index is 507. The summed E-state index contributed by atoms with van der Waals surface area (Å²) in [4.78, 5) is 14.3. The van der Waals surface area contributed by atoms with E-state index in [-0.39, 0.29) is 11.7 Å². The van der Waals surface area contributed by atoms with Gasteiger partial charge in [0.15, 0.2) is 5.84 Å². The molecule has 3 N–H and O–H groups in total. The number of carbonyl (C=O) groups is 1. The molecule has 0 bridgehead atoms. The Morgan fingerprint density at radius 3 is 2.55 bits per heavy atom. The standard InChI is InChI=1S/C15H21N3O2/c1-11-8-15(9-11,13(16)17-20)14(19)18(2)10-12-6-4-3-5-7-12/h3-7,11,20H,8-10H2,1-2H3,(H2,16,17). The van der Waals surface area contributed by atoms with Crippen LogP contribution in [0.3, 0.4) is 0 Å². The lowest BCUT2D eigenvalue weighted by Crippen LogP contribution is -2.56. The van der Waals surface area contributed by atoms with Gasteiger partial charge in [0.05, 0.1) is 0 Å². The molecule has 0 aliphatic heterocycles. The second-order valence-electron chi connectivity index (χ2n) is 5.73. The highest BCUT2D eigenvalue weighted by Gasteiger charge is 2.53. The van der Waals surface area contributed by atoms with Gasteiger partial charge in [-0.15, -0.1) is 0 Å². The zero-order valence-electron chi connectivity index (χ0n) is 11.9. The van der Waals surface area contributed by atoms with Gasteiger partial charge in [-0.25, -0.2) is 0 Å². The normalized spacial score (nSPS) is 25.9. The number of carbonyl (C=O) groups excluding carboxylic acids is 1. The van der Waals surface area contributed by atoms with Crippen LogP contribution in [0.5, 0.6) is 0 Å². The van der Waals surface area contributed by atoms with Crippen molar-refractivity contribution < 1.29 is 10.0 Å². The summed E-state index contributed by atoms with van der Waals surface area (Å²) < 4.78 is 0. The lowest BCUT2D eigenvalue weighted by atomic mass is 9.61. The van der Waals surface area contributed by atoms with Crippen molar-refractivity contribution >= 4 is 11.7 Å². The Morgan fingerprint density at radius 2 is 2.05 bits per heavy atom. The summed E-state index contributed by atoms with van der Waals surface area (Å²) in [5, 5.41) is 12.0. The summed E-state index contributed by atoms with van der Waals surface area (Å²) in [6, 6.07) is 9.78. The predicted molar refractivity (Wildman–Crippen MR) is 77.2 cm³/mol. The van der Waals surface area contributed by atoms with Crippen LogP contribution in [-0.4, -0.2) is 28.9 Å². The fourth-order valence-corrected chi connectivity index (χ4v) is 3.01. The van der Waals surface area contributed by atoms with Crippen LogP contribution >= 0.6 is 0 Å². The molecule has 1 aromatic rings. The minimum atomic E-state index is -0.822. The van der Waals surface area contributed by atoms with Crippen molar-refractivity contribution in [3.63, 3.8) is 0 Å². The van der Waals surface area contributed by atoms with Crippen LogP contribution in [0.25, 0.3) is 0 Å².